The summed E-state index contributed by atoms with van der Waals surface area (Å²) in [5.74, 6) is 0. The number of benzene rings is 1. The second-order valence-electron chi connectivity index (χ2n) is 3.09. The molecule has 0 radical (unpaired) electrons. The molecule has 1 unspecified atom stereocenters. The lowest BCUT2D eigenvalue weighted by molar-refractivity contribution is 0.736. The van der Waals surface area contributed by atoms with Crippen LogP contribution in [-0.4, -0.2) is 6.04 Å². The maximum atomic E-state index is 8.84. The highest BCUT2D eigenvalue weighted by atomic mass is 79.9. The van der Waals surface area contributed by atoms with Gasteiger partial charge in [-0.2, -0.15) is 5.26 Å². The average Bonchev–Trinajstić information content (AvgIpc) is 2.07. The first kappa shape index (κ1) is 10.2. The first-order valence-corrected chi connectivity index (χ1v) is 4.87. The van der Waals surface area contributed by atoms with Crippen LogP contribution in [-0.2, 0) is 6.42 Å². The molecule has 1 aromatic rings. The summed E-state index contributed by atoms with van der Waals surface area (Å²) in [4.78, 5) is 0. The molecule has 2 N–H and O–H groups in total. The molecule has 0 heterocycles. The lowest BCUT2D eigenvalue weighted by atomic mass is 10.0. The highest BCUT2D eigenvalue weighted by Gasteiger charge is 2.04. The van der Waals surface area contributed by atoms with E-state index in [0.717, 1.165) is 16.5 Å². The van der Waals surface area contributed by atoms with Gasteiger partial charge in [0.1, 0.15) is 0 Å². The van der Waals surface area contributed by atoms with Crippen molar-refractivity contribution in [2.24, 2.45) is 5.73 Å². The van der Waals surface area contributed by atoms with E-state index in [9.17, 15) is 0 Å². The van der Waals surface area contributed by atoms with Crippen molar-refractivity contribution in [1.29, 1.82) is 5.26 Å². The van der Waals surface area contributed by atoms with Crippen molar-refractivity contribution < 1.29 is 0 Å². The van der Waals surface area contributed by atoms with Crippen molar-refractivity contribution in [3.05, 3.63) is 33.8 Å². The van der Waals surface area contributed by atoms with E-state index in [1.807, 2.05) is 25.1 Å². The van der Waals surface area contributed by atoms with Crippen LogP contribution >= 0.6 is 15.9 Å². The van der Waals surface area contributed by atoms with Crippen LogP contribution < -0.4 is 5.73 Å². The Morgan fingerprint density at radius 1 is 1.62 bits per heavy atom. The second kappa shape index (κ2) is 4.40. The zero-order valence-corrected chi connectivity index (χ0v) is 9.01. The predicted octanol–water partition coefficient (Wildman–Crippen LogP) is 2.21. The summed E-state index contributed by atoms with van der Waals surface area (Å²) in [5.41, 5.74) is 7.38. The maximum absolute atomic E-state index is 8.84. The Kier molecular flexibility index (Phi) is 3.47. The third-order valence-corrected chi connectivity index (χ3v) is 2.23. The summed E-state index contributed by atoms with van der Waals surface area (Å²) >= 11 is 3.32. The minimum Gasteiger partial charge on any atom is -0.328 e. The average molecular weight is 239 g/mol. The van der Waals surface area contributed by atoms with Crippen molar-refractivity contribution in [3.63, 3.8) is 0 Å². The Labute approximate surface area is 86.5 Å². The van der Waals surface area contributed by atoms with E-state index >= 15 is 0 Å². The molecule has 1 aromatic carbocycles. The van der Waals surface area contributed by atoms with E-state index in [1.165, 1.54) is 0 Å². The topological polar surface area (TPSA) is 49.8 Å². The van der Waals surface area contributed by atoms with E-state index in [4.69, 9.17) is 11.0 Å². The van der Waals surface area contributed by atoms with Crippen LogP contribution in [0.4, 0.5) is 0 Å². The fourth-order valence-corrected chi connectivity index (χ4v) is 1.54. The van der Waals surface area contributed by atoms with Gasteiger partial charge in [-0.15, -0.1) is 0 Å². The number of halogens is 1. The number of nitriles is 1. The number of hydrogen-bond donors (Lipinski definition) is 1. The van der Waals surface area contributed by atoms with Crippen molar-refractivity contribution in [2.45, 2.75) is 19.4 Å². The van der Waals surface area contributed by atoms with E-state index in [2.05, 4.69) is 22.0 Å². The molecule has 13 heavy (non-hydrogen) atoms. The maximum Gasteiger partial charge on any atom is 0.0994 e. The highest BCUT2D eigenvalue weighted by Crippen LogP contribution is 2.16. The third kappa shape index (κ3) is 2.83. The smallest absolute Gasteiger partial charge is 0.0994 e. The first-order chi connectivity index (χ1) is 6.13. The van der Waals surface area contributed by atoms with Gasteiger partial charge in [-0.05, 0) is 31.0 Å². The summed E-state index contributed by atoms with van der Waals surface area (Å²) in [6.45, 7) is 1.93. The van der Waals surface area contributed by atoms with Crippen LogP contribution in [0.5, 0.6) is 0 Å². The van der Waals surface area contributed by atoms with Gasteiger partial charge in [-0.25, -0.2) is 0 Å². The van der Waals surface area contributed by atoms with Crippen LogP contribution in [0.1, 0.15) is 18.1 Å². The van der Waals surface area contributed by atoms with Crippen LogP contribution in [0.15, 0.2) is 22.7 Å². The van der Waals surface area contributed by atoms with Gasteiger partial charge in [0.25, 0.3) is 0 Å². The molecule has 0 aliphatic carbocycles. The Morgan fingerprint density at radius 2 is 2.31 bits per heavy atom. The number of hydrogen-bond acceptors (Lipinski definition) is 2. The second-order valence-corrected chi connectivity index (χ2v) is 4.01. The van der Waals surface area contributed by atoms with Gasteiger partial charge >= 0.3 is 0 Å². The van der Waals surface area contributed by atoms with Crippen molar-refractivity contribution >= 4 is 15.9 Å². The van der Waals surface area contributed by atoms with Gasteiger partial charge in [0.2, 0.25) is 0 Å². The largest absolute Gasteiger partial charge is 0.328 e. The molecule has 0 saturated heterocycles. The SMILES string of the molecule is CC(N)Cc1ccc(Br)cc1C#N. The number of nitrogens with zero attached hydrogens (tertiary/aromatic N) is 1. The standard InChI is InChI=1S/C10H11BrN2/c1-7(13)4-8-2-3-10(11)5-9(8)6-12/h2-3,5,7H,4,13H2,1H3. The van der Waals surface area contributed by atoms with E-state index in [1.54, 1.807) is 0 Å². The summed E-state index contributed by atoms with van der Waals surface area (Å²) in [6, 6.07) is 7.93. The molecule has 0 aliphatic rings. The van der Waals surface area contributed by atoms with Gasteiger partial charge in [0.05, 0.1) is 11.6 Å². The quantitative estimate of drug-likeness (QED) is 0.860. The molecule has 0 aromatic heterocycles. The van der Waals surface area contributed by atoms with E-state index in [-0.39, 0.29) is 6.04 Å². The summed E-state index contributed by atoms with van der Waals surface area (Å²) < 4.78 is 0.928. The van der Waals surface area contributed by atoms with Crippen LogP contribution in [0.3, 0.4) is 0 Å². The molecule has 2 nitrogen and oxygen atoms in total. The van der Waals surface area contributed by atoms with E-state index < -0.39 is 0 Å². The van der Waals surface area contributed by atoms with Gasteiger partial charge < -0.3 is 5.73 Å². The molecule has 0 bridgehead atoms. The Morgan fingerprint density at radius 3 is 2.85 bits per heavy atom. The van der Waals surface area contributed by atoms with Crippen molar-refractivity contribution in [2.75, 3.05) is 0 Å². The first-order valence-electron chi connectivity index (χ1n) is 4.07. The molecule has 0 amide bonds. The van der Waals surface area contributed by atoms with Crippen molar-refractivity contribution in [3.8, 4) is 6.07 Å². The highest BCUT2D eigenvalue weighted by molar-refractivity contribution is 9.10. The Balaban J connectivity index is 3.01. The minimum atomic E-state index is 0.0910. The van der Waals surface area contributed by atoms with Gasteiger partial charge in [0, 0.05) is 10.5 Å². The monoisotopic (exact) mass is 238 g/mol. The van der Waals surface area contributed by atoms with Crippen LogP contribution in [0.2, 0.25) is 0 Å². The van der Waals surface area contributed by atoms with Crippen LogP contribution in [0.25, 0.3) is 0 Å². The van der Waals surface area contributed by atoms with Crippen LogP contribution in [0, 0.1) is 11.3 Å². The summed E-state index contributed by atoms with van der Waals surface area (Å²) in [5, 5.41) is 8.84. The summed E-state index contributed by atoms with van der Waals surface area (Å²) in [7, 11) is 0. The van der Waals surface area contributed by atoms with E-state index in [0.29, 0.717) is 5.56 Å². The molecule has 3 heteroatoms. The molecule has 1 atom stereocenters. The predicted molar refractivity (Wildman–Crippen MR) is 56.2 cm³/mol. The van der Waals surface area contributed by atoms with Gasteiger partial charge in [-0.3, -0.25) is 0 Å². The fourth-order valence-electron chi connectivity index (χ4n) is 1.18. The Hall–Kier alpha value is -0.850. The molecular formula is C10H11BrN2. The fraction of sp³-hybridized carbons (Fsp3) is 0.300. The van der Waals surface area contributed by atoms with Crippen molar-refractivity contribution in [1.82, 2.24) is 0 Å². The lowest BCUT2D eigenvalue weighted by Gasteiger charge is -2.06. The minimum absolute atomic E-state index is 0.0910. The summed E-state index contributed by atoms with van der Waals surface area (Å²) in [6.07, 6.45) is 0.746. The number of rotatable bonds is 2. The molecule has 1 rings (SSSR count). The normalized spacial score (nSPS) is 12.2. The Bertz CT molecular complexity index is 339. The lowest BCUT2D eigenvalue weighted by Crippen LogP contribution is -2.18. The molecular weight excluding hydrogens is 228 g/mol. The zero-order chi connectivity index (χ0) is 9.84. The number of nitrogens with two attached hydrogens (primary N) is 1. The third-order valence-electron chi connectivity index (χ3n) is 1.73. The zero-order valence-electron chi connectivity index (χ0n) is 7.42. The molecule has 0 saturated carbocycles. The van der Waals surface area contributed by atoms with Gasteiger partial charge in [0.15, 0.2) is 0 Å². The van der Waals surface area contributed by atoms with Gasteiger partial charge in [-0.1, -0.05) is 22.0 Å². The molecule has 0 aliphatic heterocycles. The molecule has 0 spiro atoms. The molecule has 68 valence electrons. The molecule has 0 fully saturated rings.